The Morgan fingerprint density at radius 1 is 0.0490 bits per heavy atom. The summed E-state index contributed by atoms with van der Waals surface area (Å²) in [5.74, 6) is -158. The van der Waals surface area contributed by atoms with Gasteiger partial charge in [-0.3, -0.25) is 0 Å². The van der Waals surface area contributed by atoms with Gasteiger partial charge < -0.3 is 0 Å². The van der Waals surface area contributed by atoms with E-state index in [9.17, 15) is 52.7 Å². The highest BCUT2D eigenvalue weighted by molar-refractivity contribution is 5.92. The standard InChI is InChI=1S/C60F42/c61-19-1(20(62)4(8-27(69)35(77)12(36(78)28(8)70)16-43(85)51(93)58(100)52(94)44(16)86)23(65)3(19)7-25(67)33(75)11(34(76)26(7)68)15-41(83)49(91)57(99)50(92)42(15)84)2-21(63)5(9-29(71)37(79)13(38(80)30(9)72)17-45(87)53(95)59(101)54(96)46(17)88)24(66)6(22(2)64)10-31(73)39(81)14(40(82)32(10)74)18-47(89)55(97)60(102)56(98)48(18)90. The first-order valence-corrected chi connectivity index (χ1v) is 25.2. The molecule has 0 nitrogen and oxygen atoms in total. The van der Waals surface area contributed by atoms with E-state index in [2.05, 4.69) is 0 Å². The van der Waals surface area contributed by atoms with E-state index in [4.69, 9.17) is 0 Å². The minimum atomic E-state index is -4.32. The molecule has 0 aliphatic rings. The molecule has 0 aliphatic carbocycles. The number of hydrogen-bond donors (Lipinski definition) is 0. The molecule has 0 fully saturated rings. The van der Waals surface area contributed by atoms with Crippen molar-refractivity contribution < 1.29 is 184 Å². The third kappa shape index (κ3) is 9.88. The molecule has 0 amide bonds. The summed E-state index contributed by atoms with van der Waals surface area (Å²) in [6.07, 6.45) is 0. The molecule has 10 aromatic rings. The van der Waals surface area contributed by atoms with Crippen molar-refractivity contribution in [1.82, 2.24) is 0 Å². The minimum absolute atomic E-state index is 3.23. The zero-order valence-electron chi connectivity index (χ0n) is 45.9. The van der Waals surface area contributed by atoms with Crippen LogP contribution in [0.5, 0.6) is 0 Å². The lowest BCUT2D eigenvalue weighted by atomic mass is 9.84. The predicted molar refractivity (Wildman–Crippen MR) is 254 cm³/mol. The molecule has 0 N–H and O–H groups in total. The summed E-state index contributed by atoms with van der Waals surface area (Å²) >= 11 is 0. The quantitative estimate of drug-likeness (QED) is 0.0768. The van der Waals surface area contributed by atoms with E-state index in [1.165, 1.54) is 0 Å². The molecule has 0 saturated carbocycles. The Balaban J connectivity index is 1.47. The van der Waals surface area contributed by atoms with Crippen LogP contribution in [0, 0.1) is 244 Å². The van der Waals surface area contributed by atoms with Crippen LogP contribution in [0.15, 0.2) is 0 Å². The molecule has 0 aromatic heterocycles. The van der Waals surface area contributed by atoms with Crippen molar-refractivity contribution in [1.29, 1.82) is 0 Å². The van der Waals surface area contributed by atoms with Gasteiger partial charge in [-0.1, -0.05) is 0 Å². The van der Waals surface area contributed by atoms with Gasteiger partial charge in [0.15, 0.2) is 186 Å². The van der Waals surface area contributed by atoms with Gasteiger partial charge in [-0.15, -0.1) is 0 Å². The fraction of sp³-hybridized carbons (Fsp3) is 0. The summed E-state index contributed by atoms with van der Waals surface area (Å²) in [7, 11) is 0. The van der Waals surface area contributed by atoms with Crippen LogP contribution >= 0.6 is 0 Å². The van der Waals surface area contributed by atoms with E-state index in [1.54, 1.807) is 0 Å². The summed E-state index contributed by atoms with van der Waals surface area (Å²) in [4.78, 5) is 0. The highest BCUT2D eigenvalue weighted by atomic mass is 19.2. The zero-order valence-corrected chi connectivity index (χ0v) is 45.9. The molecule has 10 rings (SSSR count). The molecule has 0 radical (unpaired) electrons. The van der Waals surface area contributed by atoms with Gasteiger partial charge in [-0.2, -0.15) is 0 Å². The maximum absolute atomic E-state index is 17.8. The van der Waals surface area contributed by atoms with Crippen LogP contribution in [-0.2, 0) is 0 Å². The van der Waals surface area contributed by atoms with Crippen LogP contribution in [0.1, 0.15) is 0 Å². The van der Waals surface area contributed by atoms with Gasteiger partial charge in [0.2, 0.25) is 23.3 Å². The Bertz CT molecular complexity index is 4640. The molecular weight excluding hydrogens is 1520 g/mol. The zero-order chi connectivity index (χ0) is 76.6. The molecule has 0 spiro atoms. The van der Waals surface area contributed by atoms with Crippen molar-refractivity contribution >= 4 is 0 Å². The third-order valence-corrected chi connectivity index (χ3v) is 14.8. The van der Waals surface area contributed by atoms with Crippen molar-refractivity contribution in [3.63, 3.8) is 0 Å². The lowest BCUT2D eigenvalue weighted by Crippen LogP contribution is -2.15. The van der Waals surface area contributed by atoms with Crippen molar-refractivity contribution in [3.8, 4) is 100 Å². The number of rotatable bonds is 9. The topological polar surface area (TPSA) is 0 Å². The largest absolute Gasteiger partial charge is 0.205 e. The Morgan fingerprint density at radius 3 is 0.157 bits per heavy atom. The maximum Gasteiger partial charge on any atom is 0.200 e. The number of halogens is 42. The van der Waals surface area contributed by atoms with Gasteiger partial charge in [-0.25, -0.2) is 184 Å². The van der Waals surface area contributed by atoms with Gasteiger partial charge >= 0.3 is 0 Å². The average molecular weight is 1520 g/mol. The first kappa shape index (κ1) is 74.0. The molecule has 0 saturated heterocycles. The Hall–Kier alpha value is -10.7. The monoisotopic (exact) mass is 1520 g/mol. The van der Waals surface area contributed by atoms with Crippen LogP contribution in [0.4, 0.5) is 184 Å². The normalized spacial score (nSPS) is 11.8. The molecule has 42 heteroatoms. The summed E-state index contributed by atoms with van der Waals surface area (Å²) < 4.78 is 660. The summed E-state index contributed by atoms with van der Waals surface area (Å²) in [5, 5.41) is 0. The fourth-order valence-electron chi connectivity index (χ4n) is 10.2. The van der Waals surface area contributed by atoms with E-state index in [0.29, 0.717) is 0 Å². The molecule has 534 valence electrons. The second-order valence-corrected chi connectivity index (χ2v) is 19.9. The second-order valence-electron chi connectivity index (χ2n) is 19.9. The van der Waals surface area contributed by atoms with Crippen LogP contribution in [0.25, 0.3) is 100 Å². The fourth-order valence-corrected chi connectivity index (χ4v) is 10.2. The molecule has 0 unspecified atom stereocenters. The molecule has 10 aromatic carbocycles. The van der Waals surface area contributed by atoms with Crippen LogP contribution in [0.2, 0.25) is 0 Å². The van der Waals surface area contributed by atoms with Crippen molar-refractivity contribution in [2.45, 2.75) is 0 Å². The smallest absolute Gasteiger partial charge is 0.200 e. The Morgan fingerprint density at radius 2 is 0.0882 bits per heavy atom. The summed E-state index contributed by atoms with van der Waals surface area (Å²) in [6.45, 7) is 0. The van der Waals surface area contributed by atoms with Gasteiger partial charge in [0, 0.05) is 0 Å². The van der Waals surface area contributed by atoms with Crippen LogP contribution < -0.4 is 0 Å². The SMILES string of the molecule is Fc1c(F)c(F)c(-c2c(F)c(F)c(-c3c(F)c(-c4c(F)c(F)c(-c5c(F)c(F)c(F)c(F)c5F)c(F)c4F)c(F)c(-c4c(F)c(-c5c(F)c(F)c(-c6c(F)c(F)c(F)c(F)c6F)c(F)c5F)c(F)c(-c5c(F)c(F)c(-c6c(F)c(F)c(F)c(F)c6F)c(F)c5F)c4F)c3F)c(F)c2F)c(F)c1F. The first-order valence-electron chi connectivity index (χ1n) is 25.2. The second kappa shape index (κ2) is 25.1. The Labute approximate surface area is 528 Å². The molecule has 102 heavy (non-hydrogen) atoms. The van der Waals surface area contributed by atoms with Gasteiger partial charge in [-0.05, 0) is 0 Å². The molecular formula is C60F42. The highest BCUT2D eigenvalue weighted by Gasteiger charge is 2.47. The number of benzene rings is 10. The molecule has 0 heterocycles. The van der Waals surface area contributed by atoms with E-state index >= 15 is 132 Å². The number of hydrogen-bond acceptors (Lipinski definition) is 0. The maximum atomic E-state index is 17.8. The van der Waals surface area contributed by atoms with E-state index < -0.39 is 344 Å². The van der Waals surface area contributed by atoms with Gasteiger partial charge in [0.1, 0.15) is 34.9 Å². The molecule has 0 atom stereocenters. The lowest BCUT2D eigenvalue weighted by Gasteiger charge is -2.23. The average Bonchev–Trinajstić information content (AvgIpc) is 0.707. The van der Waals surface area contributed by atoms with Crippen molar-refractivity contribution in [2.75, 3.05) is 0 Å². The highest BCUT2D eigenvalue weighted by Crippen LogP contribution is 2.55. The van der Waals surface area contributed by atoms with E-state index in [-0.39, 0.29) is 0 Å². The van der Waals surface area contributed by atoms with Crippen molar-refractivity contribution in [2.24, 2.45) is 0 Å². The molecule has 0 aliphatic heterocycles. The molecule has 0 bridgehead atoms. The first-order chi connectivity index (χ1) is 47.2. The Kier molecular flexibility index (Phi) is 18.2. The van der Waals surface area contributed by atoms with Crippen LogP contribution in [0.3, 0.4) is 0 Å². The van der Waals surface area contributed by atoms with E-state index in [0.717, 1.165) is 0 Å². The van der Waals surface area contributed by atoms with Crippen LogP contribution in [-0.4, -0.2) is 0 Å². The predicted octanol–water partition coefficient (Wildman–Crippen LogP) is 22.5. The van der Waals surface area contributed by atoms with Gasteiger partial charge in [0.25, 0.3) is 0 Å². The minimum Gasteiger partial charge on any atom is -0.205 e. The summed E-state index contributed by atoms with van der Waals surface area (Å²) in [5.41, 5.74) is -65.7. The van der Waals surface area contributed by atoms with Gasteiger partial charge in [0.05, 0.1) is 100 Å². The lowest BCUT2D eigenvalue weighted by molar-refractivity contribution is 0.379. The third-order valence-electron chi connectivity index (χ3n) is 14.8. The van der Waals surface area contributed by atoms with Crippen molar-refractivity contribution in [3.05, 3.63) is 244 Å². The van der Waals surface area contributed by atoms with E-state index in [1.807, 2.05) is 0 Å². The summed E-state index contributed by atoms with van der Waals surface area (Å²) in [6, 6.07) is 0.